The summed E-state index contributed by atoms with van der Waals surface area (Å²) in [6.07, 6.45) is 12.9. The Hall–Kier alpha value is -2.49. The highest BCUT2D eigenvalue weighted by atomic mass is 16.6. The molecule has 3 aliphatic heterocycles. The van der Waals surface area contributed by atoms with Gasteiger partial charge in [0.15, 0.2) is 0 Å². The second-order valence-corrected chi connectivity index (χ2v) is 10.3. The first kappa shape index (κ1) is 30.7. The van der Waals surface area contributed by atoms with Gasteiger partial charge in [0.25, 0.3) is 5.97 Å². The molecule has 9 heteroatoms. The maximum Gasteiger partial charge on any atom is 0.303 e. The van der Waals surface area contributed by atoms with Crippen molar-refractivity contribution in [2.75, 3.05) is 13.2 Å². The van der Waals surface area contributed by atoms with E-state index >= 15 is 0 Å². The van der Waals surface area contributed by atoms with E-state index in [9.17, 15) is 9.59 Å². The summed E-state index contributed by atoms with van der Waals surface area (Å²) >= 11 is 0. The van der Waals surface area contributed by atoms with Crippen LogP contribution in [0.25, 0.3) is 0 Å². The van der Waals surface area contributed by atoms with Crippen molar-refractivity contribution in [1.29, 1.82) is 0 Å². The molecule has 3 rings (SSSR count). The fourth-order valence-corrected chi connectivity index (χ4v) is 4.51. The number of carbonyl (C=O) groups is 3. The van der Waals surface area contributed by atoms with Crippen molar-refractivity contribution in [3.05, 3.63) is 36.0 Å². The van der Waals surface area contributed by atoms with Gasteiger partial charge in [-0.1, -0.05) is 30.7 Å². The van der Waals surface area contributed by atoms with E-state index in [1.54, 1.807) is 13.0 Å². The summed E-state index contributed by atoms with van der Waals surface area (Å²) in [6, 6.07) is -0.0529. The highest BCUT2D eigenvalue weighted by Crippen LogP contribution is 2.39. The van der Waals surface area contributed by atoms with Crippen LogP contribution in [0, 0.1) is 5.92 Å². The molecule has 0 aromatic heterocycles. The maximum absolute atomic E-state index is 12.3. The minimum atomic E-state index is -0.833. The molecule has 7 unspecified atom stereocenters. The number of carboxylic acids is 1. The van der Waals surface area contributed by atoms with Crippen molar-refractivity contribution in [3.63, 3.8) is 0 Å². The predicted octanol–water partition coefficient (Wildman–Crippen LogP) is 3.72. The number of hydrogen-bond donors (Lipinski definition) is 2. The largest absolute Gasteiger partial charge is 0.481 e. The molecule has 0 bridgehead atoms. The fourth-order valence-electron chi connectivity index (χ4n) is 4.51. The van der Waals surface area contributed by atoms with Crippen LogP contribution in [0.4, 0.5) is 0 Å². The van der Waals surface area contributed by atoms with Gasteiger partial charge < -0.3 is 29.4 Å². The lowest BCUT2D eigenvalue weighted by Gasteiger charge is -2.39. The van der Waals surface area contributed by atoms with Crippen molar-refractivity contribution in [2.24, 2.45) is 5.92 Å². The number of aliphatic carboxylic acids is 1. The molecule has 0 aliphatic carbocycles. The molecule has 0 radical (unpaired) electrons. The van der Waals surface area contributed by atoms with Gasteiger partial charge in [-0.3, -0.25) is 14.4 Å². The van der Waals surface area contributed by atoms with Gasteiger partial charge in [-0.15, -0.1) is 0 Å². The Bertz CT molecular complexity index is 871. The number of amides is 1. The van der Waals surface area contributed by atoms with Gasteiger partial charge in [0.2, 0.25) is 5.91 Å². The number of nitrogens with one attached hydrogen (secondary N) is 1. The molecular formula is C28H43NO8. The number of epoxide rings is 1. The first-order valence-electron chi connectivity index (χ1n) is 13.0. The molecule has 3 aliphatic rings. The van der Waals surface area contributed by atoms with Crippen molar-refractivity contribution in [3.8, 4) is 0 Å². The summed E-state index contributed by atoms with van der Waals surface area (Å²) in [6.45, 7) is 12.1. The number of rotatable bonds is 8. The molecule has 0 aromatic carbocycles. The van der Waals surface area contributed by atoms with E-state index in [0.29, 0.717) is 5.92 Å². The van der Waals surface area contributed by atoms with Gasteiger partial charge in [0.05, 0.1) is 43.2 Å². The zero-order valence-corrected chi connectivity index (χ0v) is 22.9. The summed E-state index contributed by atoms with van der Waals surface area (Å²) in [4.78, 5) is 32.2. The lowest BCUT2D eigenvalue weighted by molar-refractivity contribution is -0.143. The summed E-state index contributed by atoms with van der Waals surface area (Å²) in [5.74, 6) is -1.09. The van der Waals surface area contributed by atoms with Crippen molar-refractivity contribution in [2.45, 2.75) is 103 Å². The van der Waals surface area contributed by atoms with Crippen molar-refractivity contribution >= 4 is 17.8 Å². The Labute approximate surface area is 220 Å². The van der Waals surface area contributed by atoms with Crippen LogP contribution in [0.5, 0.6) is 0 Å². The summed E-state index contributed by atoms with van der Waals surface area (Å²) < 4.78 is 22.7. The Morgan fingerprint density at radius 1 is 1.19 bits per heavy atom. The van der Waals surface area contributed by atoms with Gasteiger partial charge in [-0.25, -0.2) is 0 Å². The van der Waals surface area contributed by atoms with Gasteiger partial charge in [-0.05, 0) is 45.6 Å². The number of hydrogen-bond acceptors (Lipinski definition) is 7. The molecule has 2 N–H and O–H groups in total. The van der Waals surface area contributed by atoms with Crippen LogP contribution in [0.2, 0.25) is 0 Å². The molecule has 0 saturated carbocycles. The highest BCUT2D eigenvalue weighted by molar-refractivity contribution is 5.87. The lowest BCUT2D eigenvalue weighted by Crippen LogP contribution is -2.50. The lowest BCUT2D eigenvalue weighted by atomic mass is 9.88. The van der Waals surface area contributed by atoms with E-state index in [2.05, 4.69) is 37.4 Å². The quantitative estimate of drug-likeness (QED) is 0.214. The molecule has 3 fully saturated rings. The van der Waals surface area contributed by atoms with Crippen molar-refractivity contribution < 1.29 is 38.4 Å². The number of carboxylic acid groups (broad SMARTS) is 1. The fraction of sp³-hybridized carbons (Fsp3) is 0.679. The smallest absolute Gasteiger partial charge is 0.303 e. The minimum absolute atomic E-state index is 0.0529. The molecular weight excluding hydrogens is 478 g/mol. The molecule has 208 valence electrons. The highest BCUT2D eigenvalue weighted by Gasteiger charge is 2.48. The van der Waals surface area contributed by atoms with E-state index in [1.165, 1.54) is 18.6 Å². The zero-order valence-electron chi connectivity index (χ0n) is 22.9. The number of allylic oxidation sites excluding steroid dienone is 2. The minimum Gasteiger partial charge on any atom is -0.481 e. The summed E-state index contributed by atoms with van der Waals surface area (Å²) in [7, 11) is 0. The van der Waals surface area contributed by atoms with Crippen LogP contribution in [-0.2, 0) is 33.3 Å². The predicted molar refractivity (Wildman–Crippen MR) is 139 cm³/mol. The molecule has 1 spiro atoms. The standard InChI is InChI=1S/C26H39NO6.C2H4O2/c1-17(6-9-22-15-26(16-31-26)12-13-30-22)7-10-24-18(2)14-23(20(4)33-24)27-25(29)11-8-19(3)32-21(5)28;1-2(3)4/h6-9,11,18-20,22-24H,10,12-16H2,1-5H3,(H,27,29);1H3,(H,3,4)/b9-6+,11-8-,17-7+;. The number of carbonyl (C=O) groups excluding carboxylic acids is 2. The van der Waals surface area contributed by atoms with E-state index in [1.807, 2.05) is 6.92 Å². The first-order chi connectivity index (χ1) is 17.4. The third-order valence-electron chi connectivity index (χ3n) is 6.68. The number of esters is 1. The van der Waals surface area contributed by atoms with E-state index in [-0.39, 0.29) is 41.8 Å². The molecule has 9 nitrogen and oxygen atoms in total. The zero-order chi connectivity index (χ0) is 27.6. The Morgan fingerprint density at radius 2 is 1.86 bits per heavy atom. The van der Waals surface area contributed by atoms with Crippen molar-refractivity contribution in [1.82, 2.24) is 5.32 Å². The Morgan fingerprint density at radius 3 is 2.49 bits per heavy atom. The Kier molecular flexibility index (Phi) is 12.0. The second kappa shape index (κ2) is 14.4. The first-order valence-corrected chi connectivity index (χ1v) is 13.0. The number of ether oxygens (including phenoxy) is 4. The third-order valence-corrected chi connectivity index (χ3v) is 6.68. The van der Waals surface area contributed by atoms with Gasteiger partial charge >= 0.3 is 5.97 Å². The molecule has 3 saturated heterocycles. The average molecular weight is 522 g/mol. The van der Waals surface area contributed by atoms with Gasteiger partial charge in [0, 0.05) is 32.8 Å². The van der Waals surface area contributed by atoms with E-state index in [0.717, 1.165) is 45.8 Å². The summed E-state index contributed by atoms with van der Waals surface area (Å²) in [5, 5.41) is 10.4. The molecule has 0 aromatic rings. The van der Waals surface area contributed by atoms with E-state index in [4.69, 9.17) is 28.8 Å². The molecule has 7 atom stereocenters. The molecule has 3 heterocycles. The van der Waals surface area contributed by atoms with Crippen LogP contribution in [0.3, 0.4) is 0 Å². The van der Waals surface area contributed by atoms with Crippen LogP contribution in [-0.4, -0.2) is 72.2 Å². The van der Waals surface area contributed by atoms with E-state index < -0.39 is 12.1 Å². The topological polar surface area (TPSA) is 124 Å². The van der Waals surface area contributed by atoms with Crippen LogP contribution < -0.4 is 5.32 Å². The maximum atomic E-state index is 12.3. The average Bonchev–Trinajstić information content (AvgIpc) is 3.54. The van der Waals surface area contributed by atoms with Crippen LogP contribution in [0.15, 0.2) is 36.0 Å². The van der Waals surface area contributed by atoms with Gasteiger partial charge in [-0.2, -0.15) is 0 Å². The van der Waals surface area contributed by atoms with Crippen LogP contribution in [0.1, 0.15) is 67.2 Å². The third kappa shape index (κ3) is 11.6. The monoisotopic (exact) mass is 521 g/mol. The summed E-state index contributed by atoms with van der Waals surface area (Å²) in [5.41, 5.74) is 1.29. The normalized spacial score (nSPS) is 32.5. The molecule has 37 heavy (non-hydrogen) atoms. The Balaban J connectivity index is 0.00000112. The SMILES string of the molecule is CC(=O)O.CC(=O)OC(C)/C=C\C(=O)NC1CC(C)C(C/C=C(C)/C=C/C2CC3(CCO2)CO3)OC1C. The molecule has 1 amide bonds. The van der Waals surface area contributed by atoms with Crippen LogP contribution >= 0.6 is 0 Å². The second-order valence-electron chi connectivity index (χ2n) is 10.3. The van der Waals surface area contributed by atoms with Gasteiger partial charge in [0.1, 0.15) is 6.10 Å².